The number of hydrogen-bond donors (Lipinski definition) is 1. The normalized spacial score (nSPS) is 19.3. The Morgan fingerprint density at radius 2 is 2.22 bits per heavy atom. The van der Waals surface area contributed by atoms with Crippen molar-refractivity contribution in [1.29, 1.82) is 0 Å². The number of rotatable bonds is 2. The van der Waals surface area contributed by atoms with E-state index in [4.69, 9.17) is 4.52 Å². The van der Waals surface area contributed by atoms with Gasteiger partial charge in [0.25, 0.3) is 5.89 Å². The predicted octanol–water partition coefficient (Wildman–Crippen LogP) is 2.44. The van der Waals surface area contributed by atoms with E-state index in [1.54, 1.807) is 0 Å². The molecule has 0 amide bonds. The summed E-state index contributed by atoms with van der Waals surface area (Å²) in [4.78, 5) is 4.15. The van der Waals surface area contributed by atoms with Crippen LogP contribution in [-0.4, -0.2) is 16.7 Å². The van der Waals surface area contributed by atoms with E-state index in [1.165, 1.54) is 6.07 Å². The molecule has 1 aromatic heterocycles. The van der Waals surface area contributed by atoms with Crippen LogP contribution in [0.1, 0.15) is 24.7 Å². The Morgan fingerprint density at radius 3 is 2.94 bits per heavy atom. The van der Waals surface area contributed by atoms with Crippen molar-refractivity contribution in [3.8, 4) is 11.5 Å². The summed E-state index contributed by atoms with van der Waals surface area (Å²) in [5, 5.41) is 7.05. The number of nitrogens with zero attached hydrogens (tertiary/aromatic N) is 2. The summed E-state index contributed by atoms with van der Waals surface area (Å²) in [7, 11) is 0. The molecule has 1 atom stereocenters. The minimum Gasteiger partial charge on any atom is -0.334 e. The fourth-order valence-electron chi connectivity index (χ4n) is 2.05. The van der Waals surface area contributed by atoms with Gasteiger partial charge in [-0.3, -0.25) is 0 Å². The molecule has 0 aliphatic carbocycles. The van der Waals surface area contributed by atoms with Gasteiger partial charge in [-0.1, -0.05) is 5.16 Å². The maximum absolute atomic E-state index is 13.5. The zero-order valence-corrected chi connectivity index (χ0v) is 9.49. The van der Waals surface area contributed by atoms with Gasteiger partial charge in [-0.05, 0) is 31.5 Å². The van der Waals surface area contributed by atoms with Crippen molar-refractivity contribution in [3.63, 3.8) is 0 Å². The van der Waals surface area contributed by atoms with Crippen molar-refractivity contribution >= 4 is 0 Å². The van der Waals surface area contributed by atoms with Gasteiger partial charge in [0.15, 0.2) is 5.82 Å². The second kappa shape index (κ2) is 4.45. The molecule has 1 aliphatic rings. The molecule has 18 heavy (non-hydrogen) atoms. The molecule has 0 radical (unpaired) electrons. The Bertz CT molecular complexity index is 564. The third-order valence-corrected chi connectivity index (χ3v) is 2.98. The van der Waals surface area contributed by atoms with Crippen LogP contribution in [-0.2, 0) is 0 Å². The average molecular weight is 251 g/mol. The fraction of sp³-hybridized carbons (Fsp3) is 0.333. The molecule has 0 bridgehead atoms. The SMILES string of the molecule is Fc1ccc(-c2nc(C3CCCN3)no2)c(F)c1. The second-order valence-corrected chi connectivity index (χ2v) is 4.23. The standard InChI is InChI=1S/C12H11F2N3O/c13-7-3-4-8(9(14)6-7)12-16-11(17-18-12)10-2-1-5-15-10/h3-4,6,10,15H,1-2,5H2. The molecule has 1 saturated heterocycles. The van der Waals surface area contributed by atoms with Gasteiger partial charge in [0.1, 0.15) is 11.6 Å². The van der Waals surface area contributed by atoms with Gasteiger partial charge in [0, 0.05) is 6.07 Å². The van der Waals surface area contributed by atoms with Crippen molar-refractivity contribution in [2.75, 3.05) is 6.54 Å². The van der Waals surface area contributed by atoms with E-state index >= 15 is 0 Å². The van der Waals surface area contributed by atoms with E-state index in [0.29, 0.717) is 5.82 Å². The maximum atomic E-state index is 13.5. The van der Waals surface area contributed by atoms with Crippen LogP contribution in [0.15, 0.2) is 22.7 Å². The number of halogens is 2. The molecule has 1 fully saturated rings. The number of aromatic nitrogens is 2. The molecule has 94 valence electrons. The molecular weight excluding hydrogens is 240 g/mol. The van der Waals surface area contributed by atoms with Crippen LogP contribution in [0.4, 0.5) is 8.78 Å². The van der Waals surface area contributed by atoms with Crippen molar-refractivity contribution in [2.45, 2.75) is 18.9 Å². The lowest BCUT2D eigenvalue weighted by molar-refractivity contribution is 0.410. The third kappa shape index (κ3) is 1.99. The summed E-state index contributed by atoms with van der Waals surface area (Å²) >= 11 is 0. The Balaban J connectivity index is 1.92. The highest BCUT2D eigenvalue weighted by Crippen LogP contribution is 2.25. The maximum Gasteiger partial charge on any atom is 0.260 e. The Kier molecular flexibility index (Phi) is 2.79. The molecule has 0 spiro atoms. The van der Waals surface area contributed by atoms with E-state index in [0.717, 1.165) is 31.5 Å². The van der Waals surface area contributed by atoms with Gasteiger partial charge in [-0.25, -0.2) is 8.78 Å². The number of hydrogen-bond acceptors (Lipinski definition) is 4. The summed E-state index contributed by atoms with van der Waals surface area (Å²) in [6, 6.07) is 3.32. The first kappa shape index (κ1) is 11.3. The Morgan fingerprint density at radius 1 is 1.33 bits per heavy atom. The first-order valence-corrected chi connectivity index (χ1v) is 5.76. The number of nitrogens with one attached hydrogen (secondary N) is 1. The molecule has 1 aromatic carbocycles. The van der Waals surface area contributed by atoms with E-state index in [2.05, 4.69) is 15.5 Å². The van der Waals surface area contributed by atoms with Gasteiger partial charge in [-0.2, -0.15) is 4.98 Å². The summed E-state index contributed by atoms with van der Waals surface area (Å²) in [5.74, 6) is -0.736. The summed E-state index contributed by atoms with van der Waals surface area (Å²) < 4.78 is 31.4. The lowest BCUT2D eigenvalue weighted by Gasteiger charge is -2.01. The topological polar surface area (TPSA) is 51.0 Å². The quantitative estimate of drug-likeness (QED) is 0.890. The Labute approximate surface area is 102 Å². The van der Waals surface area contributed by atoms with Crippen LogP contribution in [0.25, 0.3) is 11.5 Å². The van der Waals surface area contributed by atoms with Crippen molar-refractivity contribution < 1.29 is 13.3 Å². The van der Waals surface area contributed by atoms with E-state index in [9.17, 15) is 8.78 Å². The van der Waals surface area contributed by atoms with Crippen molar-refractivity contribution in [3.05, 3.63) is 35.7 Å². The molecule has 4 nitrogen and oxygen atoms in total. The minimum atomic E-state index is -0.704. The highest BCUT2D eigenvalue weighted by Gasteiger charge is 2.23. The first-order valence-electron chi connectivity index (χ1n) is 5.76. The van der Waals surface area contributed by atoms with Gasteiger partial charge < -0.3 is 9.84 Å². The van der Waals surface area contributed by atoms with Crippen LogP contribution in [0.5, 0.6) is 0 Å². The number of benzene rings is 1. The Hall–Kier alpha value is -1.82. The largest absolute Gasteiger partial charge is 0.334 e. The molecular formula is C12H11F2N3O. The summed E-state index contributed by atoms with van der Waals surface area (Å²) in [6.07, 6.45) is 1.99. The summed E-state index contributed by atoms with van der Waals surface area (Å²) in [6.45, 7) is 0.916. The molecule has 3 rings (SSSR count). The van der Waals surface area contributed by atoms with Crippen molar-refractivity contribution in [2.24, 2.45) is 0 Å². The van der Waals surface area contributed by atoms with Crippen LogP contribution in [0.3, 0.4) is 0 Å². The lowest BCUT2D eigenvalue weighted by Crippen LogP contribution is -2.14. The van der Waals surface area contributed by atoms with Crippen LogP contribution >= 0.6 is 0 Å². The van der Waals surface area contributed by atoms with E-state index in [1.807, 2.05) is 0 Å². The highest BCUT2D eigenvalue weighted by molar-refractivity contribution is 5.53. The van der Waals surface area contributed by atoms with Gasteiger partial charge >= 0.3 is 0 Å². The molecule has 1 unspecified atom stereocenters. The van der Waals surface area contributed by atoms with E-state index in [-0.39, 0.29) is 17.5 Å². The minimum absolute atomic E-state index is 0.0611. The molecule has 2 aromatic rings. The average Bonchev–Trinajstić information content (AvgIpc) is 2.99. The van der Waals surface area contributed by atoms with Gasteiger partial charge in [-0.15, -0.1) is 0 Å². The molecule has 1 N–H and O–H groups in total. The first-order chi connectivity index (χ1) is 8.74. The third-order valence-electron chi connectivity index (χ3n) is 2.98. The van der Waals surface area contributed by atoms with Gasteiger partial charge in [0.05, 0.1) is 11.6 Å². The molecule has 0 saturated carbocycles. The monoisotopic (exact) mass is 251 g/mol. The smallest absolute Gasteiger partial charge is 0.260 e. The predicted molar refractivity (Wildman–Crippen MR) is 59.6 cm³/mol. The molecule has 2 heterocycles. The van der Waals surface area contributed by atoms with Crippen molar-refractivity contribution in [1.82, 2.24) is 15.5 Å². The van der Waals surface area contributed by atoms with Crippen LogP contribution in [0, 0.1) is 11.6 Å². The van der Waals surface area contributed by atoms with Crippen LogP contribution in [0.2, 0.25) is 0 Å². The highest BCUT2D eigenvalue weighted by atomic mass is 19.1. The van der Waals surface area contributed by atoms with Crippen LogP contribution < -0.4 is 5.32 Å². The fourth-order valence-corrected chi connectivity index (χ4v) is 2.05. The van der Waals surface area contributed by atoms with E-state index < -0.39 is 11.6 Å². The zero-order valence-electron chi connectivity index (χ0n) is 9.49. The summed E-state index contributed by atoms with van der Waals surface area (Å²) in [5.41, 5.74) is 0.119. The second-order valence-electron chi connectivity index (χ2n) is 4.23. The molecule has 6 heteroatoms. The molecule has 1 aliphatic heterocycles. The zero-order chi connectivity index (χ0) is 12.5. The lowest BCUT2D eigenvalue weighted by atomic mass is 10.2. The van der Waals surface area contributed by atoms with Gasteiger partial charge in [0.2, 0.25) is 0 Å².